The zero-order valence-corrected chi connectivity index (χ0v) is 9.43. The number of hydrogen-bond donors (Lipinski definition) is 0. The molecule has 0 heterocycles. The fourth-order valence-corrected chi connectivity index (χ4v) is 2.19. The zero-order chi connectivity index (χ0) is 11.4. The van der Waals surface area contributed by atoms with Gasteiger partial charge in [-0.1, -0.05) is 42.5 Å². The average Bonchev–Trinajstić information content (AvgIpc) is 2.39. The summed E-state index contributed by atoms with van der Waals surface area (Å²) in [6, 6.07) is 10.3. The van der Waals surface area contributed by atoms with Crippen molar-refractivity contribution in [3.63, 3.8) is 0 Å². The molecule has 0 amide bonds. The fraction of sp³-hybridized carbons (Fsp3) is 0.357. The Morgan fingerprint density at radius 1 is 1.31 bits per heavy atom. The molecule has 2 heteroatoms. The van der Waals surface area contributed by atoms with Crippen molar-refractivity contribution >= 4 is 5.97 Å². The summed E-state index contributed by atoms with van der Waals surface area (Å²) in [5.74, 6) is 0.268. The Bertz CT molecular complexity index is 381. The van der Waals surface area contributed by atoms with Gasteiger partial charge < -0.3 is 4.74 Å². The molecular formula is C14H16O2. The molecule has 0 saturated carbocycles. The first kappa shape index (κ1) is 10.9. The third kappa shape index (κ3) is 2.32. The fourth-order valence-electron chi connectivity index (χ4n) is 2.19. The summed E-state index contributed by atoms with van der Waals surface area (Å²) in [6.07, 6.45) is 5.93. The highest BCUT2D eigenvalue weighted by atomic mass is 16.5. The van der Waals surface area contributed by atoms with E-state index in [1.807, 2.05) is 18.2 Å². The lowest BCUT2D eigenvalue weighted by molar-refractivity contribution is -0.145. The van der Waals surface area contributed by atoms with Crippen LogP contribution in [0.1, 0.15) is 24.3 Å². The lowest BCUT2D eigenvalue weighted by atomic mass is 9.83. The van der Waals surface area contributed by atoms with Crippen LogP contribution in [0, 0.1) is 5.92 Å². The standard InChI is InChI=1S/C14H16O2/c1-16-14(15)13-9-5-8-12(10-13)11-6-3-2-4-7-11/h2-8,12-13H,9-10H2,1H3/t12-,13-/m0/s1. The second-order valence-corrected chi connectivity index (χ2v) is 4.14. The number of carbonyl (C=O) groups is 1. The van der Waals surface area contributed by atoms with Crippen LogP contribution in [0.25, 0.3) is 0 Å². The van der Waals surface area contributed by atoms with E-state index in [0.717, 1.165) is 12.8 Å². The van der Waals surface area contributed by atoms with E-state index in [-0.39, 0.29) is 11.9 Å². The molecule has 0 aliphatic heterocycles. The van der Waals surface area contributed by atoms with Crippen LogP contribution in [0.15, 0.2) is 42.5 Å². The van der Waals surface area contributed by atoms with Gasteiger partial charge in [-0.05, 0) is 18.4 Å². The van der Waals surface area contributed by atoms with Crippen molar-refractivity contribution in [2.45, 2.75) is 18.8 Å². The largest absolute Gasteiger partial charge is 0.469 e. The van der Waals surface area contributed by atoms with Crippen molar-refractivity contribution in [1.29, 1.82) is 0 Å². The maximum atomic E-state index is 11.5. The molecule has 0 N–H and O–H groups in total. The average molecular weight is 216 g/mol. The minimum Gasteiger partial charge on any atom is -0.469 e. The van der Waals surface area contributed by atoms with E-state index in [1.165, 1.54) is 12.7 Å². The number of benzene rings is 1. The van der Waals surface area contributed by atoms with E-state index in [4.69, 9.17) is 4.74 Å². The Labute approximate surface area is 95.9 Å². The summed E-state index contributed by atoms with van der Waals surface area (Å²) in [6.45, 7) is 0. The Kier molecular flexibility index (Phi) is 3.40. The van der Waals surface area contributed by atoms with E-state index >= 15 is 0 Å². The molecule has 0 saturated heterocycles. The van der Waals surface area contributed by atoms with Crippen LogP contribution in [0.2, 0.25) is 0 Å². The molecule has 2 atom stereocenters. The van der Waals surface area contributed by atoms with E-state index in [0.29, 0.717) is 5.92 Å². The quantitative estimate of drug-likeness (QED) is 0.561. The van der Waals surface area contributed by atoms with Crippen LogP contribution in [0.5, 0.6) is 0 Å². The topological polar surface area (TPSA) is 26.3 Å². The van der Waals surface area contributed by atoms with Gasteiger partial charge in [-0.15, -0.1) is 0 Å². The van der Waals surface area contributed by atoms with Gasteiger partial charge in [0.15, 0.2) is 0 Å². The van der Waals surface area contributed by atoms with E-state index in [9.17, 15) is 4.79 Å². The van der Waals surface area contributed by atoms with Crippen molar-refractivity contribution in [1.82, 2.24) is 0 Å². The molecule has 1 aromatic rings. The van der Waals surface area contributed by atoms with Crippen molar-refractivity contribution < 1.29 is 9.53 Å². The van der Waals surface area contributed by atoms with Gasteiger partial charge in [0.1, 0.15) is 0 Å². The summed E-state index contributed by atoms with van der Waals surface area (Å²) in [4.78, 5) is 11.5. The molecule has 1 aromatic carbocycles. The highest BCUT2D eigenvalue weighted by molar-refractivity contribution is 5.72. The number of allylic oxidation sites excluding steroid dienone is 2. The van der Waals surface area contributed by atoms with Crippen LogP contribution < -0.4 is 0 Å². The van der Waals surface area contributed by atoms with Crippen LogP contribution >= 0.6 is 0 Å². The van der Waals surface area contributed by atoms with Gasteiger partial charge >= 0.3 is 5.97 Å². The van der Waals surface area contributed by atoms with Gasteiger partial charge in [0, 0.05) is 5.92 Å². The Balaban J connectivity index is 2.11. The van der Waals surface area contributed by atoms with Crippen molar-refractivity contribution in [3.8, 4) is 0 Å². The van der Waals surface area contributed by atoms with Crippen LogP contribution in [0.4, 0.5) is 0 Å². The van der Waals surface area contributed by atoms with E-state index < -0.39 is 0 Å². The maximum Gasteiger partial charge on any atom is 0.309 e. The summed E-state index contributed by atoms with van der Waals surface area (Å²) >= 11 is 0. The Morgan fingerprint density at radius 3 is 2.75 bits per heavy atom. The van der Waals surface area contributed by atoms with Crippen molar-refractivity contribution in [2.75, 3.05) is 7.11 Å². The number of ether oxygens (including phenoxy) is 1. The molecule has 16 heavy (non-hydrogen) atoms. The first-order chi connectivity index (χ1) is 7.81. The molecule has 0 unspecified atom stereocenters. The predicted octanol–water partition coefficient (Wildman–Crippen LogP) is 2.91. The van der Waals surface area contributed by atoms with Crippen LogP contribution in [0.3, 0.4) is 0 Å². The predicted molar refractivity (Wildman–Crippen MR) is 63.1 cm³/mol. The first-order valence-corrected chi connectivity index (χ1v) is 5.60. The molecule has 0 aromatic heterocycles. The minimum absolute atomic E-state index is 0.0141. The Morgan fingerprint density at radius 2 is 2.06 bits per heavy atom. The number of rotatable bonds is 2. The Hall–Kier alpha value is -1.57. The first-order valence-electron chi connectivity index (χ1n) is 5.60. The molecule has 2 rings (SSSR count). The zero-order valence-electron chi connectivity index (χ0n) is 9.43. The molecule has 1 aliphatic carbocycles. The summed E-state index contributed by atoms with van der Waals surface area (Å²) in [5, 5.41) is 0. The molecule has 2 nitrogen and oxygen atoms in total. The van der Waals surface area contributed by atoms with Crippen LogP contribution in [-0.2, 0) is 9.53 Å². The van der Waals surface area contributed by atoms with Crippen LogP contribution in [-0.4, -0.2) is 13.1 Å². The third-order valence-electron chi connectivity index (χ3n) is 3.09. The van der Waals surface area contributed by atoms with Crippen molar-refractivity contribution in [3.05, 3.63) is 48.0 Å². The maximum absolute atomic E-state index is 11.5. The van der Waals surface area contributed by atoms with Gasteiger partial charge in [-0.2, -0.15) is 0 Å². The molecule has 0 fully saturated rings. The SMILES string of the molecule is COC(=O)[C@H]1CC=C[C@H](c2ccccc2)C1. The third-order valence-corrected chi connectivity index (χ3v) is 3.09. The summed E-state index contributed by atoms with van der Waals surface area (Å²) in [5.41, 5.74) is 1.27. The molecule has 0 bridgehead atoms. The smallest absolute Gasteiger partial charge is 0.309 e. The van der Waals surface area contributed by atoms with Gasteiger partial charge in [-0.3, -0.25) is 4.79 Å². The lowest BCUT2D eigenvalue weighted by Gasteiger charge is -2.23. The van der Waals surface area contributed by atoms with Gasteiger partial charge in [0.2, 0.25) is 0 Å². The monoisotopic (exact) mass is 216 g/mol. The van der Waals surface area contributed by atoms with Gasteiger partial charge in [0.05, 0.1) is 13.0 Å². The second kappa shape index (κ2) is 4.97. The second-order valence-electron chi connectivity index (χ2n) is 4.14. The molecule has 0 spiro atoms. The molecule has 1 aliphatic rings. The molecule has 0 radical (unpaired) electrons. The highest BCUT2D eigenvalue weighted by Crippen LogP contribution is 2.31. The summed E-state index contributed by atoms with van der Waals surface area (Å²) in [7, 11) is 1.46. The summed E-state index contributed by atoms with van der Waals surface area (Å²) < 4.78 is 4.80. The van der Waals surface area contributed by atoms with E-state index in [2.05, 4.69) is 24.3 Å². The lowest BCUT2D eigenvalue weighted by Crippen LogP contribution is -2.20. The number of methoxy groups -OCH3 is 1. The van der Waals surface area contributed by atoms with Gasteiger partial charge in [-0.25, -0.2) is 0 Å². The number of carbonyl (C=O) groups excluding carboxylic acids is 1. The van der Waals surface area contributed by atoms with E-state index in [1.54, 1.807) is 0 Å². The normalized spacial score (nSPS) is 24.1. The number of esters is 1. The minimum atomic E-state index is -0.0923. The number of hydrogen-bond acceptors (Lipinski definition) is 2. The molecule has 84 valence electrons. The highest BCUT2D eigenvalue weighted by Gasteiger charge is 2.25. The molecular weight excluding hydrogens is 200 g/mol. The van der Waals surface area contributed by atoms with Crippen molar-refractivity contribution in [2.24, 2.45) is 5.92 Å². The van der Waals surface area contributed by atoms with Gasteiger partial charge in [0.25, 0.3) is 0 Å².